The van der Waals surface area contributed by atoms with E-state index in [2.05, 4.69) is 5.10 Å². The summed E-state index contributed by atoms with van der Waals surface area (Å²) in [4.78, 5) is 13.6. The molecule has 114 valence electrons. The molecule has 1 aliphatic rings. The Balaban J connectivity index is 2.25. The third kappa shape index (κ3) is 2.17. The molecule has 1 aliphatic heterocycles. The Hall–Kier alpha value is -1.98. The summed E-state index contributed by atoms with van der Waals surface area (Å²) in [5, 5.41) is 14.8. The molecule has 1 atom stereocenters. The van der Waals surface area contributed by atoms with Crippen molar-refractivity contribution in [2.45, 2.75) is 13.0 Å². The number of aromatic nitrogens is 2. The molecule has 0 amide bonds. The number of carboxylic acid groups (broad SMARTS) is 1. The molecule has 1 aromatic heterocycles. The molecule has 5 nitrogen and oxygen atoms in total. The molecule has 0 saturated heterocycles. The quantitative estimate of drug-likeness (QED) is 0.909. The first-order valence-electron chi connectivity index (χ1n) is 6.58. The molecule has 0 aliphatic carbocycles. The standard InChI is InChI=1S/C15H13Cl2N3O2/c1-8-13(15(21)22)14(9-3-4-10(16)11(17)7-9)20-12(19(8)2)5-6-18-20/h3-7,14H,1-2H3,(H,21,22). The Morgan fingerprint density at radius 3 is 2.64 bits per heavy atom. The van der Waals surface area contributed by atoms with Crippen LogP contribution in [0.15, 0.2) is 41.7 Å². The molecular weight excluding hydrogens is 325 g/mol. The molecule has 2 aromatic rings. The van der Waals surface area contributed by atoms with Gasteiger partial charge < -0.3 is 10.0 Å². The molecular formula is C15H13Cl2N3O2. The van der Waals surface area contributed by atoms with Crippen molar-refractivity contribution in [3.05, 3.63) is 57.3 Å². The van der Waals surface area contributed by atoms with Crippen LogP contribution in [-0.2, 0) is 4.79 Å². The first-order chi connectivity index (χ1) is 10.4. The van der Waals surface area contributed by atoms with Gasteiger partial charge in [-0.05, 0) is 24.6 Å². The van der Waals surface area contributed by atoms with E-state index in [0.29, 0.717) is 15.7 Å². The van der Waals surface area contributed by atoms with Gasteiger partial charge in [0.1, 0.15) is 11.9 Å². The van der Waals surface area contributed by atoms with E-state index >= 15 is 0 Å². The molecule has 1 unspecified atom stereocenters. The molecule has 1 aromatic carbocycles. The van der Waals surface area contributed by atoms with E-state index < -0.39 is 12.0 Å². The van der Waals surface area contributed by atoms with Crippen LogP contribution in [0.4, 0.5) is 5.82 Å². The van der Waals surface area contributed by atoms with E-state index in [1.165, 1.54) is 0 Å². The van der Waals surface area contributed by atoms with Crippen LogP contribution in [0.1, 0.15) is 18.5 Å². The average Bonchev–Trinajstić information content (AvgIpc) is 2.94. The van der Waals surface area contributed by atoms with Crippen molar-refractivity contribution in [1.82, 2.24) is 9.78 Å². The highest BCUT2D eigenvalue weighted by Crippen LogP contribution is 2.39. The molecule has 0 spiro atoms. The van der Waals surface area contributed by atoms with Crippen LogP contribution >= 0.6 is 23.2 Å². The summed E-state index contributed by atoms with van der Waals surface area (Å²) in [6.45, 7) is 1.78. The summed E-state index contributed by atoms with van der Waals surface area (Å²) in [5.74, 6) is -0.167. The highest BCUT2D eigenvalue weighted by atomic mass is 35.5. The maximum atomic E-state index is 11.8. The summed E-state index contributed by atoms with van der Waals surface area (Å²) in [6.07, 6.45) is 1.65. The second-order valence-electron chi connectivity index (χ2n) is 5.07. The van der Waals surface area contributed by atoms with Gasteiger partial charge in [0, 0.05) is 18.8 Å². The first-order valence-corrected chi connectivity index (χ1v) is 7.33. The van der Waals surface area contributed by atoms with Crippen molar-refractivity contribution in [1.29, 1.82) is 0 Å². The molecule has 3 rings (SSSR count). The average molecular weight is 338 g/mol. The van der Waals surface area contributed by atoms with E-state index in [0.717, 1.165) is 11.4 Å². The van der Waals surface area contributed by atoms with E-state index in [1.54, 1.807) is 36.0 Å². The maximum absolute atomic E-state index is 11.8. The summed E-state index contributed by atoms with van der Waals surface area (Å²) in [7, 11) is 1.82. The molecule has 7 heteroatoms. The summed E-state index contributed by atoms with van der Waals surface area (Å²) >= 11 is 12.0. The van der Waals surface area contributed by atoms with Gasteiger partial charge in [-0.1, -0.05) is 29.3 Å². The normalized spacial score (nSPS) is 17.6. The SMILES string of the molecule is CC1=C(C(=O)O)C(c2ccc(Cl)c(Cl)c2)n2nccc2N1C. The predicted molar refractivity (Wildman–Crippen MR) is 85.6 cm³/mol. The Labute approximate surface area is 137 Å². The zero-order valence-corrected chi connectivity index (χ0v) is 13.4. The lowest BCUT2D eigenvalue weighted by Crippen LogP contribution is -2.33. The number of benzene rings is 1. The van der Waals surface area contributed by atoms with Crippen molar-refractivity contribution >= 4 is 35.0 Å². The molecule has 2 heterocycles. The maximum Gasteiger partial charge on any atom is 0.335 e. The Kier molecular flexibility index (Phi) is 3.62. The third-order valence-corrected chi connectivity index (χ3v) is 4.63. The van der Waals surface area contributed by atoms with E-state index in [9.17, 15) is 9.90 Å². The number of carbonyl (C=O) groups is 1. The van der Waals surface area contributed by atoms with Crippen LogP contribution in [0.25, 0.3) is 0 Å². The van der Waals surface area contributed by atoms with Crippen molar-refractivity contribution in [2.75, 3.05) is 11.9 Å². The van der Waals surface area contributed by atoms with Gasteiger partial charge in [-0.15, -0.1) is 0 Å². The highest BCUT2D eigenvalue weighted by Gasteiger charge is 2.35. The lowest BCUT2D eigenvalue weighted by molar-refractivity contribution is -0.133. The Morgan fingerprint density at radius 1 is 1.27 bits per heavy atom. The number of aliphatic carboxylic acids is 1. The van der Waals surface area contributed by atoms with Gasteiger partial charge in [0.15, 0.2) is 0 Å². The van der Waals surface area contributed by atoms with Crippen LogP contribution in [0.3, 0.4) is 0 Å². The fourth-order valence-electron chi connectivity index (χ4n) is 2.71. The zero-order chi connectivity index (χ0) is 16.0. The summed E-state index contributed by atoms with van der Waals surface area (Å²) in [6, 6.07) is 6.41. The van der Waals surface area contributed by atoms with Crippen molar-refractivity contribution in [3.63, 3.8) is 0 Å². The van der Waals surface area contributed by atoms with Gasteiger partial charge in [0.05, 0.1) is 21.8 Å². The van der Waals surface area contributed by atoms with E-state index in [4.69, 9.17) is 23.2 Å². The van der Waals surface area contributed by atoms with E-state index in [1.807, 2.05) is 18.0 Å². The van der Waals surface area contributed by atoms with Crippen LogP contribution in [-0.4, -0.2) is 27.9 Å². The zero-order valence-electron chi connectivity index (χ0n) is 11.9. The number of rotatable bonds is 2. The smallest absolute Gasteiger partial charge is 0.335 e. The number of fused-ring (bicyclic) bond motifs is 1. The van der Waals surface area contributed by atoms with Gasteiger partial charge in [0.25, 0.3) is 0 Å². The van der Waals surface area contributed by atoms with Crippen LogP contribution < -0.4 is 4.90 Å². The predicted octanol–water partition coefficient (Wildman–Crippen LogP) is 3.59. The minimum absolute atomic E-state index is 0.261. The first kappa shape index (κ1) is 14.9. The third-order valence-electron chi connectivity index (χ3n) is 3.89. The minimum Gasteiger partial charge on any atom is -0.478 e. The Morgan fingerprint density at radius 2 is 2.00 bits per heavy atom. The number of nitrogens with zero attached hydrogens (tertiary/aromatic N) is 3. The van der Waals surface area contributed by atoms with Crippen molar-refractivity contribution < 1.29 is 9.90 Å². The number of hydrogen-bond acceptors (Lipinski definition) is 3. The van der Waals surface area contributed by atoms with E-state index in [-0.39, 0.29) is 5.57 Å². The molecule has 0 fully saturated rings. The summed E-state index contributed by atoms with van der Waals surface area (Å²) in [5.41, 5.74) is 1.65. The van der Waals surface area contributed by atoms with Crippen molar-refractivity contribution in [2.24, 2.45) is 0 Å². The lowest BCUT2D eigenvalue weighted by Gasteiger charge is -2.33. The lowest BCUT2D eigenvalue weighted by atomic mass is 9.95. The Bertz CT molecular complexity index is 798. The number of halogens is 2. The van der Waals surface area contributed by atoms with Gasteiger partial charge in [-0.2, -0.15) is 5.10 Å². The second kappa shape index (κ2) is 5.34. The molecule has 22 heavy (non-hydrogen) atoms. The molecule has 1 N–H and O–H groups in total. The molecule has 0 bridgehead atoms. The molecule has 0 radical (unpaired) electrons. The topological polar surface area (TPSA) is 58.4 Å². The van der Waals surface area contributed by atoms with Crippen LogP contribution in [0, 0.1) is 0 Å². The van der Waals surface area contributed by atoms with Gasteiger partial charge in [-0.3, -0.25) is 0 Å². The monoisotopic (exact) mass is 337 g/mol. The number of hydrogen-bond donors (Lipinski definition) is 1. The number of allylic oxidation sites excluding steroid dienone is 1. The van der Waals surface area contributed by atoms with Gasteiger partial charge >= 0.3 is 5.97 Å². The second-order valence-corrected chi connectivity index (χ2v) is 5.89. The minimum atomic E-state index is -0.985. The van der Waals surface area contributed by atoms with Crippen LogP contribution in [0.5, 0.6) is 0 Å². The van der Waals surface area contributed by atoms with Crippen molar-refractivity contribution in [3.8, 4) is 0 Å². The van der Waals surface area contributed by atoms with Gasteiger partial charge in [-0.25, -0.2) is 9.48 Å². The summed E-state index contributed by atoms with van der Waals surface area (Å²) < 4.78 is 1.68. The largest absolute Gasteiger partial charge is 0.478 e. The number of carboxylic acids is 1. The highest BCUT2D eigenvalue weighted by molar-refractivity contribution is 6.42. The molecule has 0 saturated carbocycles. The fraction of sp³-hybridized carbons (Fsp3) is 0.200. The van der Waals surface area contributed by atoms with Gasteiger partial charge in [0.2, 0.25) is 0 Å². The van der Waals surface area contributed by atoms with Crippen LogP contribution in [0.2, 0.25) is 10.0 Å². The number of anilines is 1. The fourth-order valence-corrected chi connectivity index (χ4v) is 3.01.